The van der Waals surface area contributed by atoms with Crippen molar-refractivity contribution in [2.75, 3.05) is 5.32 Å². The number of nitrogens with zero attached hydrogens (tertiary/aromatic N) is 1. The van der Waals surface area contributed by atoms with Crippen molar-refractivity contribution in [3.8, 4) is 6.07 Å². The van der Waals surface area contributed by atoms with Crippen molar-refractivity contribution >= 4 is 22.2 Å². The van der Waals surface area contributed by atoms with Gasteiger partial charge in [0.25, 0.3) is 5.91 Å². The lowest BCUT2D eigenvalue weighted by Gasteiger charge is -2.17. The molecule has 4 heteroatoms. The summed E-state index contributed by atoms with van der Waals surface area (Å²) in [5, 5.41) is 13.3. The van der Waals surface area contributed by atoms with E-state index < -0.39 is 0 Å². The zero-order valence-electron chi connectivity index (χ0n) is 15.9. The van der Waals surface area contributed by atoms with E-state index in [1.807, 2.05) is 42.5 Å². The van der Waals surface area contributed by atoms with Crippen LogP contribution in [0.3, 0.4) is 0 Å². The molecule has 3 aromatic rings. The molecule has 0 bridgehead atoms. The number of anilines is 1. The lowest BCUT2D eigenvalue weighted by Crippen LogP contribution is -2.12. The van der Waals surface area contributed by atoms with Gasteiger partial charge in [0.2, 0.25) is 0 Å². The van der Waals surface area contributed by atoms with Gasteiger partial charge in [-0.15, -0.1) is 11.3 Å². The molecule has 2 aromatic carbocycles. The topological polar surface area (TPSA) is 52.9 Å². The second kappa shape index (κ2) is 8.00. The number of aryl methyl sites for hydroxylation is 1. The molecule has 0 fully saturated rings. The normalized spacial score (nSPS) is 15.5. The van der Waals surface area contributed by atoms with Crippen molar-refractivity contribution in [1.82, 2.24) is 0 Å². The summed E-state index contributed by atoms with van der Waals surface area (Å²) in [6.07, 6.45) is 3.92. The third-order valence-electron chi connectivity index (χ3n) is 5.31. The van der Waals surface area contributed by atoms with E-state index >= 15 is 0 Å². The Morgan fingerprint density at radius 2 is 1.86 bits per heavy atom. The zero-order valence-corrected chi connectivity index (χ0v) is 16.7. The van der Waals surface area contributed by atoms with E-state index in [1.165, 1.54) is 16.0 Å². The summed E-state index contributed by atoms with van der Waals surface area (Å²) in [6, 6.07) is 20.3. The Labute approximate surface area is 169 Å². The maximum atomic E-state index is 12.7. The van der Waals surface area contributed by atoms with Gasteiger partial charge >= 0.3 is 0 Å². The third-order valence-corrected chi connectivity index (χ3v) is 6.52. The number of carbonyl (C=O) groups is 1. The van der Waals surface area contributed by atoms with Crippen LogP contribution in [0.1, 0.15) is 50.8 Å². The summed E-state index contributed by atoms with van der Waals surface area (Å²) in [4.78, 5) is 14.0. The van der Waals surface area contributed by atoms with Crippen LogP contribution >= 0.6 is 11.3 Å². The van der Waals surface area contributed by atoms with Crippen molar-refractivity contribution in [1.29, 1.82) is 5.26 Å². The number of carbonyl (C=O) groups excluding carboxylic acids is 1. The quantitative estimate of drug-likeness (QED) is 0.636. The Morgan fingerprint density at radius 1 is 1.14 bits per heavy atom. The Hall–Kier alpha value is -2.90. The first-order chi connectivity index (χ1) is 13.6. The number of fused-ring (bicyclic) bond motifs is 1. The number of nitrogens with one attached hydrogen (secondary N) is 1. The van der Waals surface area contributed by atoms with Crippen LogP contribution in [-0.2, 0) is 19.3 Å². The highest BCUT2D eigenvalue weighted by Gasteiger charge is 2.25. The first kappa shape index (κ1) is 18.5. The molecule has 0 aliphatic heterocycles. The van der Waals surface area contributed by atoms with Crippen molar-refractivity contribution in [3.05, 3.63) is 87.3 Å². The highest BCUT2D eigenvalue weighted by molar-refractivity contribution is 7.16. The van der Waals surface area contributed by atoms with E-state index in [1.54, 1.807) is 11.3 Å². The molecule has 4 rings (SSSR count). The van der Waals surface area contributed by atoms with Gasteiger partial charge in [-0.3, -0.25) is 4.79 Å². The second-order valence-electron chi connectivity index (χ2n) is 7.48. The van der Waals surface area contributed by atoms with Gasteiger partial charge < -0.3 is 5.32 Å². The molecule has 1 aromatic heterocycles. The van der Waals surface area contributed by atoms with Gasteiger partial charge in [0.05, 0.1) is 5.56 Å². The van der Waals surface area contributed by atoms with Crippen molar-refractivity contribution < 1.29 is 4.79 Å². The first-order valence-electron chi connectivity index (χ1n) is 9.63. The minimum Gasteiger partial charge on any atom is -0.312 e. The fourth-order valence-electron chi connectivity index (χ4n) is 3.75. The number of amides is 1. The third kappa shape index (κ3) is 3.85. The SMILES string of the molecule is C[C@H]1CCc2sc(NC(=O)c3ccc(Cc4ccccc4)cc3)c(C#N)c2C1. The van der Waals surface area contributed by atoms with E-state index in [0.717, 1.165) is 31.2 Å². The second-order valence-corrected chi connectivity index (χ2v) is 8.59. The summed E-state index contributed by atoms with van der Waals surface area (Å²) in [6.45, 7) is 2.22. The van der Waals surface area contributed by atoms with Gasteiger partial charge in [0.15, 0.2) is 0 Å². The summed E-state index contributed by atoms with van der Waals surface area (Å²) < 4.78 is 0. The molecule has 140 valence electrons. The van der Waals surface area contributed by atoms with E-state index in [4.69, 9.17) is 0 Å². The molecule has 1 aliphatic rings. The number of rotatable bonds is 4. The zero-order chi connectivity index (χ0) is 19.5. The molecule has 28 heavy (non-hydrogen) atoms. The molecule has 3 nitrogen and oxygen atoms in total. The predicted octanol–water partition coefficient (Wildman–Crippen LogP) is 5.59. The van der Waals surface area contributed by atoms with Crippen LogP contribution in [0, 0.1) is 17.2 Å². The van der Waals surface area contributed by atoms with Crippen LogP contribution in [0.2, 0.25) is 0 Å². The molecule has 1 heterocycles. The smallest absolute Gasteiger partial charge is 0.256 e. The minimum atomic E-state index is -0.158. The summed E-state index contributed by atoms with van der Waals surface area (Å²) in [7, 11) is 0. The average Bonchev–Trinajstić information content (AvgIpc) is 3.05. The van der Waals surface area contributed by atoms with Gasteiger partial charge in [-0.25, -0.2) is 0 Å². The van der Waals surface area contributed by atoms with Crippen molar-refractivity contribution in [2.24, 2.45) is 5.92 Å². The van der Waals surface area contributed by atoms with Crippen LogP contribution < -0.4 is 5.32 Å². The van der Waals surface area contributed by atoms with Crippen LogP contribution in [0.4, 0.5) is 5.00 Å². The summed E-state index contributed by atoms with van der Waals surface area (Å²) >= 11 is 1.56. The Balaban J connectivity index is 1.49. The van der Waals surface area contributed by atoms with Gasteiger partial charge in [0.1, 0.15) is 11.1 Å². The monoisotopic (exact) mass is 386 g/mol. The molecule has 0 saturated heterocycles. The fraction of sp³-hybridized carbons (Fsp3) is 0.250. The largest absolute Gasteiger partial charge is 0.312 e. The maximum absolute atomic E-state index is 12.7. The number of benzene rings is 2. The summed E-state index contributed by atoms with van der Waals surface area (Å²) in [5.41, 5.74) is 4.82. The lowest BCUT2D eigenvalue weighted by molar-refractivity contribution is 0.102. The molecule has 0 saturated carbocycles. The Kier molecular flexibility index (Phi) is 5.27. The molecule has 0 unspecified atom stereocenters. The fourth-order valence-corrected chi connectivity index (χ4v) is 4.93. The molecular formula is C24H22N2OS. The Morgan fingerprint density at radius 3 is 2.57 bits per heavy atom. The molecule has 1 N–H and O–H groups in total. The number of thiophene rings is 1. The molecule has 0 radical (unpaired) electrons. The van der Waals surface area contributed by atoms with Crippen LogP contribution in [-0.4, -0.2) is 5.91 Å². The van der Waals surface area contributed by atoms with E-state index in [2.05, 4.69) is 30.4 Å². The maximum Gasteiger partial charge on any atom is 0.256 e. The molecule has 1 aliphatic carbocycles. The van der Waals surface area contributed by atoms with Gasteiger partial charge in [-0.05, 0) is 60.4 Å². The molecule has 1 amide bonds. The predicted molar refractivity (Wildman–Crippen MR) is 114 cm³/mol. The lowest BCUT2D eigenvalue weighted by atomic mass is 9.88. The van der Waals surface area contributed by atoms with Crippen molar-refractivity contribution in [3.63, 3.8) is 0 Å². The average molecular weight is 387 g/mol. The minimum absolute atomic E-state index is 0.158. The highest BCUT2D eigenvalue weighted by Crippen LogP contribution is 2.39. The van der Waals surface area contributed by atoms with E-state index in [9.17, 15) is 10.1 Å². The van der Waals surface area contributed by atoms with Crippen molar-refractivity contribution in [2.45, 2.75) is 32.6 Å². The number of nitriles is 1. The molecular weight excluding hydrogens is 364 g/mol. The Bertz CT molecular complexity index is 1030. The van der Waals surface area contributed by atoms with Crippen LogP contribution in [0.5, 0.6) is 0 Å². The number of hydrogen-bond acceptors (Lipinski definition) is 3. The van der Waals surface area contributed by atoms with Crippen LogP contribution in [0.15, 0.2) is 54.6 Å². The molecule has 1 atom stereocenters. The highest BCUT2D eigenvalue weighted by atomic mass is 32.1. The van der Waals surface area contributed by atoms with Gasteiger partial charge in [0, 0.05) is 10.4 Å². The standard InChI is InChI=1S/C24H22N2OS/c1-16-7-12-22-20(13-16)21(15-25)24(28-22)26-23(27)19-10-8-18(9-11-19)14-17-5-3-2-4-6-17/h2-6,8-11,16H,7,12-14H2,1H3,(H,26,27)/t16-/m0/s1. The van der Waals surface area contributed by atoms with Gasteiger partial charge in [-0.2, -0.15) is 5.26 Å². The van der Waals surface area contributed by atoms with Crippen LogP contribution in [0.25, 0.3) is 0 Å². The summed E-state index contributed by atoms with van der Waals surface area (Å²) in [5.74, 6) is 0.435. The van der Waals surface area contributed by atoms with E-state index in [-0.39, 0.29) is 5.91 Å². The van der Waals surface area contributed by atoms with Gasteiger partial charge in [-0.1, -0.05) is 49.4 Å². The van der Waals surface area contributed by atoms with E-state index in [0.29, 0.717) is 22.0 Å². The number of hydrogen-bond donors (Lipinski definition) is 1. The first-order valence-corrected chi connectivity index (χ1v) is 10.4. The molecule has 0 spiro atoms.